The molecule has 0 aliphatic rings. The maximum Gasteiger partial charge on any atom is 1.00 e. The Morgan fingerprint density at radius 1 is 1.23 bits per heavy atom. The zero-order valence-corrected chi connectivity index (χ0v) is 10.6. The number of sulfonamides is 1. The SMILES string of the molecule is CC[N-]S(=O)(=O)c1ccccc1.[Na+]. The third-order valence-corrected chi connectivity index (χ3v) is 2.81. The summed E-state index contributed by atoms with van der Waals surface area (Å²) in [7, 11) is -3.39. The molecule has 3 nitrogen and oxygen atoms in total. The summed E-state index contributed by atoms with van der Waals surface area (Å²) in [6.07, 6.45) is 0. The van der Waals surface area contributed by atoms with Crippen molar-refractivity contribution in [1.29, 1.82) is 0 Å². The fourth-order valence-electron chi connectivity index (χ4n) is 0.837. The van der Waals surface area contributed by atoms with Crippen LogP contribution < -0.4 is 29.6 Å². The monoisotopic (exact) mass is 207 g/mol. The average Bonchev–Trinajstić information content (AvgIpc) is 2.06. The number of benzene rings is 1. The van der Waals surface area contributed by atoms with Crippen molar-refractivity contribution in [3.63, 3.8) is 0 Å². The Morgan fingerprint density at radius 2 is 1.77 bits per heavy atom. The van der Waals surface area contributed by atoms with E-state index in [4.69, 9.17) is 0 Å². The van der Waals surface area contributed by atoms with E-state index in [1.54, 1.807) is 25.1 Å². The van der Waals surface area contributed by atoms with E-state index in [-0.39, 0.29) is 41.0 Å². The molecule has 0 fully saturated rings. The molecule has 0 amide bonds. The molecule has 0 bridgehead atoms. The summed E-state index contributed by atoms with van der Waals surface area (Å²) < 4.78 is 26.0. The van der Waals surface area contributed by atoms with E-state index in [0.717, 1.165) is 0 Å². The second-order valence-electron chi connectivity index (χ2n) is 2.23. The quantitative estimate of drug-likeness (QED) is 0.583. The molecule has 1 rings (SSSR count). The predicted octanol–water partition coefficient (Wildman–Crippen LogP) is -1.23. The van der Waals surface area contributed by atoms with Crippen LogP contribution in [0.2, 0.25) is 0 Å². The molecule has 0 radical (unpaired) electrons. The molecule has 0 N–H and O–H groups in total. The summed E-state index contributed by atoms with van der Waals surface area (Å²) in [5, 5.41) is 0. The van der Waals surface area contributed by atoms with Crippen molar-refractivity contribution in [3.8, 4) is 0 Å². The summed E-state index contributed by atoms with van der Waals surface area (Å²) in [5.41, 5.74) is 0. The van der Waals surface area contributed by atoms with Gasteiger partial charge in [0.2, 0.25) is 0 Å². The standard InChI is InChI=1S/C8H10NO2S.Na/c1-2-9-12(10,11)8-6-4-3-5-7-8;/h3-7H,2H2,1H3;/q-1;+1. The number of rotatable bonds is 3. The zero-order valence-electron chi connectivity index (χ0n) is 7.77. The molecule has 0 aliphatic carbocycles. The Labute approximate surface area is 101 Å². The Balaban J connectivity index is 0.00000144. The summed E-state index contributed by atoms with van der Waals surface area (Å²) in [5.74, 6) is 0. The fourth-order valence-corrected chi connectivity index (χ4v) is 1.83. The number of nitrogens with zero attached hydrogens (tertiary/aromatic N) is 1. The Hall–Kier alpha value is 0.130. The molecule has 0 saturated heterocycles. The third-order valence-electron chi connectivity index (χ3n) is 1.34. The van der Waals surface area contributed by atoms with Gasteiger partial charge < -0.3 is 4.72 Å². The smallest absolute Gasteiger partial charge is 0.545 e. The molecule has 1 aromatic rings. The third kappa shape index (κ3) is 3.79. The van der Waals surface area contributed by atoms with Crippen molar-refractivity contribution in [2.75, 3.05) is 6.54 Å². The van der Waals surface area contributed by atoms with Crippen molar-refractivity contribution in [2.24, 2.45) is 0 Å². The van der Waals surface area contributed by atoms with Crippen molar-refractivity contribution in [2.45, 2.75) is 11.8 Å². The van der Waals surface area contributed by atoms with Gasteiger partial charge in [0.25, 0.3) is 0 Å². The van der Waals surface area contributed by atoms with E-state index in [9.17, 15) is 8.42 Å². The van der Waals surface area contributed by atoms with Crippen LogP contribution in [-0.2, 0) is 10.0 Å². The summed E-state index contributed by atoms with van der Waals surface area (Å²) in [6.45, 7) is 1.98. The van der Waals surface area contributed by atoms with Gasteiger partial charge in [0.1, 0.15) is 10.0 Å². The molecule has 0 spiro atoms. The molecular weight excluding hydrogens is 197 g/mol. The largest absolute Gasteiger partial charge is 1.00 e. The van der Waals surface area contributed by atoms with Crippen LogP contribution in [0.25, 0.3) is 4.72 Å². The number of hydrogen-bond donors (Lipinski definition) is 0. The molecule has 66 valence electrons. The molecule has 0 heterocycles. The van der Waals surface area contributed by atoms with Crippen LogP contribution in [0.4, 0.5) is 0 Å². The van der Waals surface area contributed by atoms with Gasteiger partial charge in [-0.05, 0) is 12.1 Å². The van der Waals surface area contributed by atoms with E-state index in [1.807, 2.05) is 0 Å². The molecule has 13 heavy (non-hydrogen) atoms. The van der Waals surface area contributed by atoms with Gasteiger partial charge in [0.05, 0.1) is 0 Å². The van der Waals surface area contributed by atoms with Crippen LogP contribution in [0, 0.1) is 0 Å². The minimum absolute atomic E-state index is 0. The van der Waals surface area contributed by atoms with Crippen LogP contribution in [0.15, 0.2) is 35.2 Å². The minimum atomic E-state index is -3.39. The van der Waals surface area contributed by atoms with Gasteiger partial charge in [-0.3, -0.25) is 0 Å². The van der Waals surface area contributed by atoms with Gasteiger partial charge in [-0.25, -0.2) is 8.42 Å². The second-order valence-corrected chi connectivity index (χ2v) is 3.91. The normalized spacial score (nSPS) is 10.5. The molecule has 5 heteroatoms. The first-order valence-corrected chi connectivity index (χ1v) is 5.09. The Kier molecular flexibility index (Phi) is 5.83. The first-order valence-electron chi connectivity index (χ1n) is 3.65. The molecule has 0 atom stereocenters. The van der Waals surface area contributed by atoms with Crippen molar-refractivity contribution in [3.05, 3.63) is 35.1 Å². The van der Waals surface area contributed by atoms with Crippen LogP contribution in [0.3, 0.4) is 0 Å². The average molecular weight is 207 g/mol. The maximum absolute atomic E-state index is 11.3. The van der Waals surface area contributed by atoms with Crippen molar-refractivity contribution in [1.82, 2.24) is 0 Å². The topological polar surface area (TPSA) is 48.2 Å². The molecule has 0 aliphatic heterocycles. The van der Waals surface area contributed by atoms with Crippen LogP contribution in [0.5, 0.6) is 0 Å². The second kappa shape index (κ2) is 5.78. The van der Waals surface area contributed by atoms with E-state index >= 15 is 0 Å². The molecule has 0 unspecified atom stereocenters. The van der Waals surface area contributed by atoms with Gasteiger partial charge in [-0.1, -0.05) is 25.1 Å². The van der Waals surface area contributed by atoms with Gasteiger partial charge in [-0.2, -0.15) is 0 Å². The summed E-state index contributed by atoms with van der Waals surface area (Å²) in [4.78, 5) is 0.256. The Bertz CT molecular complexity index is 336. The Morgan fingerprint density at radius 3 is 2.23 bits per heavy atom. The number of hydrogen-bond acceptors (Lipinski definition) is 2. The van der Waals surface area contributed by atoms with E-state index in [2.05, 4.69) is 4.72 Å². The van der Waals surface area contributed by atoms with Gasteiger partial charge in [0, 0.05) is 4.90 Å². The van der Waals surface area contributed by atoms with Gasteiger partial charge in [-0.15, -0.1) is 6.54 Å². The van der Waals surface area contributed by atoms with E-state index in [1.165, 1.54) is 12.1 Å². The van der Waals surface area contributed by atoms with Crippen LogP contribution in [0.1, 0.15) is 6.92 Å². The molecule has 1 aromatic carbocycles. The summed E-state index contributed by atoms with van der Waals surface area (Å²) in [6, 6.07) is 8.20. The zero-order chi connectivity index (χ0) is 9.03. The first-order chi connectivity index (χ1) is 5.67. The minimum Gasteiger partial charge on any atom is -0.545 e. The molecular formula is C8H10NNaO2S. The van der Waals surface area contributed by atoms with Gasteiger partial charge >= 0.3 is 29.6 Å². The summed E-state index contributed by atoms with van der Waals surface area (Å²) >= 11 is 0. The van der Waals surface area contributed by atoms with E-state index in [0.29, 0.717) is 0 Å². The maximum atomic E-state index is 11.3. The molecule has 0 saturated carbocycles. The van der Waals surface area contributed by atoms with Crippen molar-refractivity contribution < 1.29 is 38.0 Å². The first kappa shape index (κ1) is 13.1. The van der Waals surface area contributed by atoms with Gasteiger partial charge in [0.15, 0.2) is 0 Å². The predicted molar refractivity (Wildman–Crippen MR) is 47.5 cm³/mol. The van der Waals surface area contributed by atoms with Crippen LogP contribution >= 0.6 is 0 Å². The van der Waals surface area contributed by atoms with Crippen LogP contribution in [-0.4, -0.2) is 15.0 Å². The molecule has 0 aromatic heterocycles. The fraction of sp³-hybridized carbons (Fsp3) is 0.250. The van der Waals surface area contributed by atoms with E-state index < -0.39 is 10.0 Å². The van der Waals surface area contributed by atoms with Crippen molar-refractivity contribution >= 4 is 10.0 Å².